The molecule has 2 saturated heterocycles. The Balaban J connectivity index is 1.18. The van der Waals surface area contributed by atoms with Crippen LogP contribution in [0.2, 0.25) is 0 Å². The van der Waals surface area contributed by atoms with Gasteiger partial charge in [-0.3, -0.25) is 9.80 Å². The molecule has 1 aromatic heterocycles. The first kappa shape index (κ1) is 22.2. The van der Waals surface area contributed by atoms with E-state index in [4.69, 9.17) is 15.2 Å². The van der Waals surface area contributed by atoms with E-state index in [0.717, 1.165) is 49.5 Å². The number of benzene rings is 2. The van der Waals surface area contributed by atoms with Crippen LogP contribution >= 0.6 is 0 Å². The number of hydrogen-bond donors (Lipinski definition) is 1. The molecule has 0 radical (unpaired) electrons. The first-order valence-corrected chi connectivity index (χ1v) is 11.8. The molecule has 1 amide bonds. The van der Waals surface area contributed by atoms with Gasteiger partial charge >= 0.3 is 12.0 Å². The largest absolute Gasteiger partial charge is 0.447 e. The van der Waals surface area contributed by atoms with E-state index in [1.54, 1.807) is 0 Å². The molecule has 0 unspecified atom stereocenters. The fraction of sp³-hybridized carbons (Fsp3) is 0.333. The van der Waals surface area contributed by atoms with Crippen LogP contribution in [0.4, 0.5) is 10.5 Å². The Morgan fingerprint density at radius 3 is 2.47 bits per heavy atom. The number of H-pyrrole nitrogens is 1. The van der Waals surface area contributed by atoms with Crippen LogP contribution in [-0.2, 0) is 11.3 Å². The molecular weight excluding hydrogens is 428 g/mol. The summed E-state index contributed by atoms with van der Waals surface area (Å²) >= 11 is 0. The van der Waals surface area contributed by atoms with Crippen LogP contribution in [-0.4, -0.2) is 41.6 Å². The predicted octanol–water partition coefficient (Wildman–Crippen LogP) is 4.34. The number of nitrogens with two attached hydrogens (primary N) is 1. The first-order valence-electron chi connectivity index (χ1n) is 11.8. The van der Waals surface area contributed by atoms with Crippen molar-refractivity contribution in [3.05, 3.63) is 83.6 Å². The Kier molecular flexibility index (Phi) is 6.36. The zero-order valence-corrected chi connectivity index (χ0v) is 19.4. The van der Waals surface area contributed by atoms with Gasteiger partial charge in [-0.15, -0.1) is 0 Å². The summed E-state index contributed by atoms with van der Waals surface area (Å²) in [7, 11) is 0. The maximum Gasteiger partial charge on any atom is 0.410 e. The van der Waals surface area contributed by atoms with Crippen LogP contribution in [0.3, 0.4) is 0 Å². The molecule has 2 aliphatic rings. The van der Waals surface area contributed by atoms with Crippen molar-refractivity contribution in [1.29, 1.82) is 0 Å². The lowest BCUT2D eigenvalue weighted by Crippen LogP contribution is -2.46. The minimum absolute atomic E-state index is 0.00990. The molecule has 0 saturated carbocycles. The third kappa shape index (κ3) is 4.84. The number of nitrogen functional groups attached to an aromatic ring is 1. The highest BCUT2D eigenvalue weighted by atomic mass is 16.6. The second-order valence-corrected chi connectivity index (χ2v) is 9.06. The molecule has 176 valence electrons. The van der Waals surface area contributed by atoms with Crippen LogP contribution in [0, 0.1) is 6.92 Å². The fourth-order valence-electron chi connectivity index (χ4n) is 4.87. The Hall–Kier alpha value is -3.58. The van der Waals surface area contributed by atoms with E-state index in [0.29, 0.717) is 18.2 Å². The number of nitrogens with zero attached hydrogens (tertiary/aromatic N) is 2. The monoisotopic (exact) mass is 459 g/mol. The number of pyridine rings is 1. The standard InChI is InChI=1S/C27H30N4O3/c1-19-21(7-12-26(29-19)34-24-10-8-22(28)9-11-24)17-30-15-13-23(14-16-30)31-25(18-33-27(31)32)20-5-3-2-4-6-20/h2-12,23,25H,13-18,28H2,1H3/p+1/t25-/m0/s1. The minimum atomic E-state index is -0.186. The second kappa shape index (κ2) is 9.73. The van der Waals surface area contributed by atoms with Gasteiger partial charge in [-0.2, -0.15) is 4.98 Å². The van der Waals surface area contributed by atoms with E-state index in [-0.39, 0.29) is 18.2 Å². The Bertz CT molecular complexity index is 1130. The van der Waals surface area contributed by atoms with E-state index in [9.17, 15) is 4.79 Å². The molecule has 7 heteroatoms. The van der Waals surface area contributed by atoms with Crippen LogP contribution in [0.25, 0.3) is 0 Å². The van der Waals surface area contributed by atoms with Gasteiger partial charge in [0.15, 0.2) is 5.69 Å². The van der Waals surface area contributed by atoms with Crippen LogP contribution < -0.4 is 15.5 Å². The number of piperidine rings is 1. The summed E-state index contributed by atoms with van der Waals surface area (Å²) in [6.45, 7) is 5.26. The van der Waals surface area contributed by atoms with Gasteiger partial charge in [-0.25, -0.2) is 4.79 Å². The van der Waals surface area contributed by atoms with Gasteiger partial charge in [0.25, 0.3) is 0 Å². The molecule has 0 spiro atoms. The van der Waals surface area contributed by atoms with E-state index >= 15 is 0 Å². The van der Waals surface area contributed by atoms with E-state index < -0.39 is 0 Å². The zero-order chi connectivity index (χ0) is 23.5. The molecule has 3 heterocycles. The molecule has 3 N–H and O–H groups in total. The van der Waals surface area contributed by atoms with Gasteiger partial charge in [-0.05, 0) is 48.7 Å². The minimum Gasteiger partial charge on any atom is -0.447 e. The van der Waals surface area contributed by atoms with Gasteiger partial charge in [0.1, 0.15) is 12.4 Å². The molecule has 3 aromatic rings. The van der Waals surface area contributed by atoms with Crippen molar-refractivity contribution in [3.8, 4) is 11.6 Å². The van der Waals surface area contributed by atoms with Gasteiger partial charge in [0, 0.05) is 43.9 Å². The lowest BCUT2D eigenvalue weighted by Gasteiger charge is -2.37. The fourth-order valence-corrected chi connectivity index (χ4v) is 4.87. The average Bonchev–Trinajstić information content (AvgIpc) is 3.24. The third-order valence-electron chi connectivity index (χ3n) is 6.78. The molecule has 2 aliphatic heterocycles. The molecular formula is C27H31N4O3+. The van der Waals surface area contributed by atoms with Crippen LogP contribution in [0.5, 0.6) is 11.6 Å². The highest BCUT2D eigenvalue weighted by Gasteiger charge is 2.40. The van der Waals surface area contributed by atoms with E-state index in [1.165, 1.54) is 5.56 Å². The van der Waals surface area contributed by atoms with Gasteiger partial charge in [0.05, 0.1) is 12.1 Å². The molecule has 0 aliphatic carbocycles. The highest BCUT2D eigenvalue weighted by Crippen LogP contribution is 2.33. The molecule has 2 aromatic carbocycles. The topological polar surface area (TPSA) is 82.2 Å². The number of aryl methyl sites for hydroxylation is 1. The number of aromatic nitrogens is 1. The average molecular weight is 460 g/mol. The van der Waals surface area contributed by atoms with Crippen molar-refractivity contribution < 1.29 is 19.3 Å². The summed E-state index contributed by atoms with van der Waals surface area (Å²) in [5.74, 6) is 1.44. The van der Waals surface area contributed by atoms with E-state index in [2.05, 4.69) is 35.0 Å². The zero-order valence-electron chi connectivity index (χ0n) is 19.4. The van der Waals surface area contributed by atoms with Crippen LogP contribution in [0.1, 0.15) is 35.7 Å². The number of nitrogens with one attached hydrogen (secondary N) is 1. The molecule has 1 atom stereocenters. The summed E-state index contributed by atoms with van der Waals surface area (Å²) < 4.78 is 11.3. The van der Waals surface area contributed by atoms with Gasteiger partial charge in [-0.1, -0.05) is 30.3 Å². The summed E-state index contributed by atoms with van der Waals surface area (Å²) in [6, 6.07) is 21.9. The second-order valence-electron chi connectivity index (χ2n) is 9.06. The maximum absolute atomic E-state index is 12.5. The number of anilines is 1. The summed E-state index contributed by atoms with van der Waals surface area (Å²) in [4.78, 5) is 20.3. The number of amides is 1. The van der Waals surface area contributed by atoms with Crippen LogP contribution in [0.15, 0.2) is 66.7 Å². The Morgan fingerprint density at radius 1 is 1.03 bits per heavy atom. The molecule has 0 bridgehead atoms. The number of carbonyl (C=O) groups excluding carboxylic acids is 1. The molecule has 5 rings (SSSR count). The third-order valence-corrected chi connectivity index (χ3v) is 6.78. The SMILES string of the molecule is Cc1[nH+]c(Oc2ccc(N)cc2)ccc1CN1CCC(N2C(=O)OC[C@H]2c2ccccc2)CC1. The first-order chi connectivity index (χ1) is 16.6. The number of cyclic esters (lactones) is 1. The van der Waals surface area contributed by atoms with Crippen molar-refractivity contribution >= 4 is 11.8 Å². The predicted molar refractivity (Wildman–Crippen MR) is 129 cm³/mol. The smallest absolute Gasteiger partial charge is 0.410 e. The summed E-state index contributed by atoms with van der Waals surface area (Å²) in [6.07, 6.45) is 1.70. The van der Waals surface area contributed by atoms with Crippen molar-refractivity contribution in [1.82, 2.24) is 9.80 Å². The molecule has 7 nitrogen and oxygen atoms in total. The Labute approximate surface area is 200 Å². The number of rotatable bonds is 6. The number of likely N-dealkylation sites (tertiary alicyclic amines) is 1. The Morgan fingerprint density at radius 2 is 1.76 bits per heavy atom. The summed E-state index contributed by atoms with van der Waals surface area (Å²) in [5.41, 5.74) is 9.92. The van der Waals surface area contributed by atoms with Crippen molar-refractivity contribution in [2.75, 3.05) is 25.4 Å². The highest BCUT2D eigenvalue weighted by molar-refractivity contribution is 5.71. The lowest BCUT2D eigenvalue weighted by molar-refractivity contribution is -0.400. The normalized spacial score (nSPS) is 19.3. The van der Waals surface area contributed by atoms with Crippen molar-refractivity contribution in [2.24, 2.45) is 0 Å². The number of ether oxygens (including phenoxy) is 2. The van der Waals surface area contributed by atoms with Gasteiger partial charge < -0.3 is 15.2 Å². The van der Waals surface area contributed by atoms with Crippen molar-refractivity contribution in [3.63, 3.8) is 0 Å². The maximum atomic E-state index is 12.5. The van der Waals surface area contributed by atoms with Gasteiger partial charge in [0.2, 0.25) is 0 Å². The summed E-state index contributed by atoms with van der Waals surface area (Å²) in [5, 5.41) is 0. The molecule has 2 fully saturated rings. The lowest BCUT2D eigenvalue weighted by atomic mass is 9.98. The number of aromatic amines is 1. The molecule has 34 heavy (non-hydrogen) atoms. The number of hydrogen-bond acceptors (Lipinski definition) is 5. The van der Waals surface area contributed by atoms with E-state index in [1.807, 2.05) is 53.4 Å². The van der Waals surface area contributed by atoms with Crippen molar-refractivity contribution in [2.45, 2.75) is 38.4 Å². The quantitative estimate of drug-likeness (QED) is 0.555. The number of carbonyl (C=O) groups is 1.